The Morgan fingerprint density at radius 2 is 2.28 bits per heavy atom. The summed E-state index contributed by atoms with van der Waals surface area (Å²) >= 11 is 8.98. The molecule has 1 aromatic heterocycles. The molecule has 7 heteroatoms. The summed E-state index contributed by atoms with van der Waals surface area (Å²) in [4.78, 5) is 19.3. The fourth-order valence-corrected chi connectivity index (χ4v) is 1.63. The summed E-state index contributed by atoms with van der Waals surface area (Å²) in [7, 11) is 0. The van der Waals surface area contributed by atoms with Crippen molar-refractivity contribution in [2.75, 3.05) is 18.4 Å². The lowest BCUT2D eigenvalue weighted by Gasteiger charge is -2.09. The summed E-state index contributed by atoms with van der Waals surface area (Å²) in [5.74, 6) is 1.07. The third-order valence-electron chi connectivity index (χ3n) is 2.07. The summed E-state index contributed by atoms with van der Waals surface area (Å²) in [6.07, 6.45) is 1.96. The molecule has 2 N–H and O–H groups in total. The standard InChI is InChI=1S/C11H16BrClN4O/c1-7(2)5-15-9(18)3-4-14-10-8(12)6-16-11(13)17-10/h6-7H,3-5H2,1-2H3,(H,15,18)(H,14,16,17). The van der Waals surface area contributed by atoms with E-state index in [0.29, 0.717) is 31.2 Å². The Labute approximate surface area is 120 Å². The second-order valence-corrected chi connectivity index (χ2v) is 5.40. The SMILES string of the molecule is CC(C)CNC(=O)CCNc1nc(Cl)ncc1Br. The number of anilines is 1. The molecule has 0 unspecified atom stereocenters. The zero-order valence-electron chi connectivity index (χ0n) is 10.3. The zero-order valence-corrected chi connectivity index (χ0v) is 12.7. The van der Waals surface area contributed by atoms with Crippen molar-refractivity contribution in [2.24, 2.45) is 5.92 Å². The maximum Gasteiger partial charge on any atom is 0.224 e. The molecule has 0 aromatic carbocycles. The van der Waals surface area contributed by atoms with E-state index in [4.69, 9.17) is 11.6 Å². The van der Waals surface area contributed by atoms with Crippen LogP contribution in [0.25, 0.3) is 0 Å². The highest BCUT2D eigenvalue weighted by atomic mass is 79.9. The number of carbonyl (C=O) groups is 1. The number of nitrogens with one attached hydrogen (secondary N) is 2. The van der Waals surface area contributed by atoms with E-state index >= 15 is 0 Å². The summed E-state index contributed by atoms with van der Waals surface area (Å²) in [6.45, 7) is 5.30. The van der Waals surface area contributed by atoms with Crippen LogP contribution in [0.5, 0.6) is 0 Å². The van der Waals surface area contributed by atoms with Crippen molar-refractivity contribution in [3.05, 3.63) is 16.0 Å². The van der Waals surface area contributed by atoms with Crippen LogP contribution in [-0.4, -0.2) is 29.0 Å². The molecule has 0 radical (unpaired) electrons. The molecule has 0 bridgehead atoms. The molecule has 1 heterocycles. The average Bonchev–Trinajstić information content (AvgIpc) is 2.31. The van der Waals surface area contributed by atoms with E-state index in [2.05, 4.69) is 50.4 Å². The number of halogens is 2. The van der Waals surface area contributed by atoms with Gasteiger partial charge in [-0.3, -0.25) is 4.79 Å². The summed E-state index contributed by atoms with van der Waals surface area (Å²) < 4.78 is 0.717. The van der Waals surface area contributed by atoms with Crippen molar-refractivity contribution < 1.29 is 4.79 Å². The highest BCUT2D eigenvalue weighted by Crippen LogP contribution is 2.19. The van der Waals surface area contributed by atoms with Crippen LogP contribution in [-0.2, 0) is 4.79 Å². The fourth-order valence-electron chi connectivity index (χ4n) is 1.17. The number of rotatable bonds is 6. The van der Waals surface area contributed by atoms with Crippen molar-refractivity contribution >= 4 is 39.3 Å². The molecule has 1 aromatic rings. The van der Waals surface area contributed by atoms with E-state index in [0.717, 1.165) is 4.47 Å². The van der Waals surface area contributed by atoms with Crippen LogP contribution in [0.1, 0.15) is 20.3 Å². The largest absolute Gasteiger partial charge is 0.368 e. The van der Waals surface area contributed by atoms with Gasteiger partial charge in [-0.05, 0) is 33.4 Å². The minimum Gasteiger partial charge on any atom is -0.368 e. The van der Waals surface area contributed by atoms with E-state index in [1.807, 2.05) is 0 Å². The Hall–Kier alpha value is -0.880. The van der Waals surface area contributed by atoms with E-state index in [1.165, 1.54) is 0 Å². The zero-order chi connectivity index (χ0) is 13.5. The molecule has 0 saturated carbocycles. The fraction of sp³-hybridized carbons (Fsp3) is 0.545. The molecule has 18 heavy (non-hydrogen) atoms. The van der Waals surface area contributed by atoms with Crippen LogP contribution in [0.2, 0.25) is 5.28 Å². The van der Waals surface area contributed by atoms with Crippen LogP contribution in [0.4, 0.5) is 5.82 Å². The Morgan fingerprint density at radius 1 is 1.56 bits per heavy atom. The number of aromatic nitrogens is 2. The van der Waals surface area contributed by atoms with Crippen LogP contribution < -0.4 is 10.6 Å². The molecular formula is C11H16BrClN4O. The Kier molecular flexibility index (Phi) is 6.35. The van der Waals surface area contributed by atoms with Gasteiger partial charge in [-0.15, -0.1) is 0 Å². The van der Waals surface area contributed by atoms with Gasteiger partial charge in [-0.2, -0.15) is 4.98 Å². The molecule has 0 aliphatic rings. The van der Waals surface area contributed by atoms with Crippen LogP contribution in [0.3, 0.4) is 0 Å². The number of nitrogens with zero attached hydrogens (tertiary/aromatic N) is 2. The van der Waals surface area contributed by atoms with Gasteiger partial charge in [0.25, 0.3) is 0 Å². The van der Waals surface area contributed by atoms with Crippen molar-refractivity contribution in [2.45, 2.75) is 20.3 Å². The smallest absolute Gasteiger partial charge is 0.224 e. The predicted molar refractivity (Wildman–Crippen MR) is 75.7 cm³/mol. The Bertz CT molecular complexity index is 414. The molecule has 0 fully saturated rings. The Balaban J connectivity index is 2.33. The molecule has 1 rings (SSSR count). The molecule has 1 amide bonds. The number of hydrogen-bond donors (Lipinski definition) is 2. The second-order valence-electron chi connectivity index (χ2n) is 4.21. The maximum atomic E-state index is 11.5. The van der Waals surface area contributed by atoms with Crippen molar-refractivity contribution in [3.8, 4) is 0 Å². The number of amides is 1. The first kappa shape index (κ1) is 15.2. The lowest BCUT2D eigenvalue weighted by Crippen LogP contribution is -2.28. The topological polar surface area (TPSA) is 66.9 Å². The van der Waals surface area contributed by atoms with Gasteiger partial charge in [-0.1, -0.05) is 13.8 Å². The van der Waals surface area contributed by atoms with Crippen molar-refractivity contribution in [3.63, 3.8) is 0 Å². The first-order valence-corrected chi connectivity index (χ1v) is 6.84. The second kappa shape index (κ2) is 7.53. The number of hydrogen-bond acceptors (Lipinski definition) is 4. The molecule has 0 atom stereocenters. The monoisotopic (exact) mass is 334 g/mol. The van der Waals surface area contributed by atoms with Crippen LogP contribution in [0.15, 0.2) is 10.7 Å². The van der Waals surface area contributed by atoms with Crippen molar-refractivity contribution in [1.29, 1.82) is 0 Å². The highest BCUT2D eigenvalue weighted by Gasteiger charge is 2.05. The molecule has 0 aliphatic heterocycles. The molecular weight excluding hydrogens is 320 g/mol. The van der Waals surface area contributed by atoms with Crippen LogP contribution >= 0.6 is 27.5 Å². The third kappa shape index (κ3) is 5.64. The predicted octanol–water partition coefficient (Wildman–Crippen LogP) is 2.47. The summed E-state index contributed by atoms with van der Waals surface area (Å²) in [5.41, 5.74) is 0. The molecule has 0 saturated heterocycles. The maximum absolute atomic E-state index is 11.5. The lowest BCUT2D eigenvalue weighted by molar-refractivity contribution is -0.120. The van der Waals surface area contributed by atoms with E-state index < -0.39 is 0 Å². The van der Waals surface area contributed by atoms with E-state index in [1.54, 1.807) is 6.20 Å². The van der Waals surface area contributed by atoms with Gasteiger partial charge in [0, 0.05) is 25.7 Å². The van der Waals surface area contributed by atoms with Gasteiger partial charge < -0.3 is 10.6 Å². The van der Waals surface area contributed by atoms with Gasteiger partial charge in [0.2, 0.25) is 11.2 Å². The van der Waals surface area contributed by atoms with Crippen LogP contribution in [0, 0.1) is 5.92 Å². The first-order chi connectivity index (χ1) is 8.49. The van der Waals surface area contributed by atoms with E-state index in [9.17, 15) is 4.79 Å². The van der Waals surface area contributed by atoms with Gasteiger partial charge in [0.05, 0.1) is 4.47 Å². The Morgan fingerprint density at radius 3 is 2.94 bits per heavy atom. The first-order valence-electron chi connectivity index (χ1n) is 5.67. The normalized spacial score (nSPS) is 10.5. The van der Waals surface area contributed by atoms with Gasteiger partial charge in [-0.25, -0.2) is 4.98 Å². The number of carbonyl (C=O) groups excluding carboxylic acids is 1. The summed E-state index contributed by atoms with van der Waals surface area (Å²) in [6, 6.07) is 0. The molecule has 100 valence electrons. The van der Waals surface area contributed by atoms with E-state index in [-0.39, 0.29) is 11.2 Å². The molecule has 0 aliphatic carbocycles. The van der Waals surface area contributed by atoms with Gasteiger partial charge >= 0.3 is 0 Å². The molecule has 5 nitrogen and oxygen atoms in total. The minimum absolute atomic E-state index is 0.0208. The quantitative estimate of drug-likeness (QED) is 0.784. The van der Waals surface area contributed by atoms with Crippen molar-refractivity contribution in [1.82, 2.24) is 15.3 Å². The minimum atomic E-state index is 0.0208. The lowest BCUT2D eigenvalue weighted by atomic mass is 10.2. The van der Waals surface area contributed by atoms with Gasteiger partial charge in [0.1, 0.15) is 5.82 Å². The highest BCUT2D eigenvalue weighted by molar-refractivity contribution is 9.10. The molecule has 0 spiro atoms. The summed E-state index contributed by atoms with van der Waals surface area (Å²) in [5, 5.41) is 6.05. The third-order valence-corrected chi connectivity index (χ3v) is 2.83. The van der Waals surface area contributed by atoms with Gasteiger partial charge in [0.15, 0.2) is 0 Å². The average molecular weight is 336 g/mol.